The van der Waals surface area contributed by atoms with Crippen LogP contribution in [0.5, 0.6) is 0 Å². The molecule has 0 bridgehead atoms. The molecular formula is C15H27BrClN3. The van der Waals surface area contributed by atoms with Crippen molar-refractivity contribution >= 4 is 27.5 Å². The highest BCUT2D eigenvalue weighted by Gasteiger charge is 2.14. The minimum Gasteiger partial charge on any atom is -0.311 e. The first-order chi connectivity index (χ1) is 9.67. The van der Waals surface area contributed by atoms with Gasteiger partial charge in [0.15, 0.2) is 0 Å². The van der Waals surface area contributed by atoms with E-state index in [0.717, 1.165) is 44.0 Å². The lowest BCUT2D eigenvalue weighted by Gasteiger charge is -2.16. The molecule has 1 unspecified atom stereocenters. The van der Waals surface area contributed by atoms with Gasteiger partial charge < -0.3 is 5.32 Å². The summed E-state index contributed by atoms with van der Waals surface area (Å²) in [6, 6.07) is 0. The molecule has 1 rings (SSSR count). The largest absolute Gasteiger partial charge is 0.311 e. The Kier molecular flexibility index (Phi) is 8.82. The van der Waals surface area contributed by atoms with Crippen molar-refractivity contribution in [2.75, 3.05) is 12.4 Å². The Bertz CT molecular complexity index is 387. The second kappa shape index (κ2) is 9.80. The quantitative estimate of drug-likeness (QED) is 0.625. The van der Waals surface area contributed by atoms with Crippen molar-refractivity contribution in [1.82, 2.24) is 15.1 Å². The Labute approximate surface area is 136 Å². The molecule has 116 valence electrons. The van der Waals surface area contributed by atoms with Gasteiger partial charge in [-0.05, 0) is 54.6 Å². The molecule has 1 aromatic rings. The number of nitrogens with zero attached hydrogens (tertiary/aromatic N) is 2. The fraction of sp³-hybridized carbons (Fsp3) is 0.800. The maximum atomic E-state index is 5.87. The fourth-order valence-corrected chi connectivity index (χ4v) is 3.51. The van der Waals surface area contributed by atoms with Crippen LogP contribution in [0.4, 0.5) is 0 Å². The van der Waals surface area contributed by atoms with Crippen molar-refractivity contribution in [2.45, 2.75) is 59.5 Å². The maximum absolute atomic E-state index is 5.87. The third kappa shape index (κ3) is 5.05. The standard InChI is InChI=1S/C15H27BrClN3/c1-4-7-12(8-9-17)10-18-11-14-15(16)13(5-2)19-20(14)6-3/h12,18H,4-11H2,1-3H3. The van der Waals surface area contributed by atoms with Gasteiger partial charge >= 0.3 is 0 Å². The van der Waals surface area contributed by atoms with Gasteiger partial charge in [-0.15, -0.1) is 11.6 Å². The second-order valence-corrected chi connectivity index (χ2v) is 6.31. The SMILES string of the molecule is CCCC(CCCl)CNCc1c(Br)c(CC)nn1CC. The number of rotatable bonds is 10. The first kappa shape index (κ1) is 18.0. The van der Waals surface area contributed by atoms with E-state index in [1.54, 1.807) is 0 Å². The van der Waals surface area contributed by atoms with Gasteiger partial charge in [0.1, 0.15) is 0 Å². The van der Waals surface area contributed by atoms with Crippen LogP contribution in [0.15, 0.2) is 4.47 Å². The highest BCUT2D eigenvalue weighted by Crippen LogP contribution is 2.22. The zero-order chi connectivity index (χ0) is 15.0. The van der Waals surface area contributed by atoms with Crippen LogP contribution in [0.1, 0.15) is 51.4 Å². The summed E-state index contributed by atoms with van der Waals surface area (Å²) < 4.78 is 3.26. The number of halogens is 2. The van der Waals surface area contributed by atoms with E-state index in [1.807, 2.05) is 0 Å². The topological polar surface area (TPSA) is 29.9 Å². The van der Waals surface area contributed by atoms with E-state index >= 15 is 0 Å². The Balaban J connectivity index is 2.58. The van der Waals surface area contributed by atoms with E-state index in [0.29, 0.717) is 5.92 Å². The molecule has 0 spiro atoms. The Morgan fingerprint density at radius 3 is 2.60 bits per heavy atom. The summed E-state index contributed by atoms with van der Waals surface area (Å²) >= 11 is 9.56. The van der Waals surface area contributed by atoms with Gasteiger partial charge in [0.05, 0.1) is 15.9 Å². The molecule has 1 heterocycles. The van der Waals surface area contributed by atoms with Gasteiger partial charge in [0, 0.05) is 19.0 Å². The van der Waals surface area contributed by atoms with E-state index in [-0.39, 0.29) is 0 Å². The molecule has 20 heavy (non-hydrogen) atoms. The van der Waals surface area contributed by atoms with Crippen LogP contribution < -0.4 is 5.32 Å². The average Bonchev–Trinajstić information content (AvgIpc) is 2.75. The summed E-state index contributed by atoms with van der Waals surface area (Å²) in [5.41, 5.74) is 2.40. The number of alkyl halides is 1. The number of hydrogen-bond acceptors (Lipinski definition) is 2. The van der Waals surface area contributed by atoms with Gasteiger partial charge in [-0.2, -0.15) is 5.10 Å². The first-order valence-electron chi connectivity index (χ1n) is 7.68. The van der Waals surface area contributed by atoms with E-state index in [2.05, 4.69) is 51.8 Å². The third-order valence-corrected chi connectivity index (χ3v) is 4.77. The molecule has 0 saturated carbocycles. The van der Waals surface area contributed by atoms with Gasteiger partial charge in [0.2, 0.25) is 0 Å². The van der Waals surface area contributed by atoms with Crippen LogP contribution in [0, 0.1) is 5.92 Å². The van der Waals surface area contributed by atoms with Crippen molar-refractivity contribution in [3.05, 3.63) is 15.9 Å². The predicted octanol–water partition coefficient (Wildman–Crippen LogP) is 4.36. The highest BCUT2D eigenvalue weighted by atomic mass is 79.9. The Hall–Kier alpha value is -0.0600. The molecule has 1 atom stereocenters. The molecule has 0 radical (unpaired) electrons. The highest BCUT2D eigenvalue weighted by molar-refractivity contribution is 9.10. The van der Waals surface area contributed by atoms with Crippen LogP contribution in [0.25, 0.3) is 0 Å². The van der Waals surface area contributed by atoms with Gasteiger partial charge in [0.25, 0.3) is 0 Å². The van der Waals surface area contributed by atoms with Gasteiger partial charge in [-0.25, -0.2) is 0 Å². The van der Waals surface area contributed by atoms with Crippen molar-refractivity contribution in [3.8, 4) is 0 Å². The van der Waals surface area contributed by atoms with Gasteiger partial charge in [-0.3, -0.25) is 4.68 Å². The van der Waals surface area contributed by atoms with Crippen LogP contribution in [0.2, 0.25) is 0 Å². The minimum atomic E-state index is 0.680. The zero-order valence-electron chi connectivity index (χ0n) is 12.9. The lowest BCUT2D eigenvalue weighted by atomic mass is 10.0. The summed E-state index contributed by atoms with van der Waals surface area (Å²) in [5.74, 6) is 1.43. The van der Waals surface area contributed by atoms with Crippen LogP contribution in [-0.2, 0) is 19.5 Å². The average molecular weight is 365 g/mol. The van der Waals surface area contributed by atoms with Crippen LogP contribution in [-0.4, -0.2) is 22.2 Å². The van der Waals surface area contributed by atoms with Gasteiger partial charge in [-0.1, -0.05) is 20.3 Å². The zero-order valence-corrected chi connectivity index (χ0v) is 15.2. The maximum Gasteiger partial charge on any atom is 0.0767 e. The normalized spacial score (nSPS) is 12.8. The number of hydrogen-bond donors (Lipinski definition) is 1. The smallest absolute Gasteiger partial charge is 0.0767 e. The molecule has 0 aliphatic heterocycles. The molecule has 3 nitrogen and oxygen atoms in total. The summed E-state index contributed by atoms with van der Waals surface area (Å²) in [4.78, 5) is 0. The lowest BCUT2D eigenvalue weighted by Crippen LogP contribution is -2.24. The van der Waals surface area contributed by atoms with Crippen molar-refractivity contribution in [3.63, 3.8) is 0 Å². The summed E-state index contributed by atoms with van der Waals surface area (Å²) in [7, 11) is 0. The van der Waals surface area contributed by atoms with Crippen LogP contribution >= 0.6 is 27.5 Å². The summed E-state index contributed by atoms with van der Waals surface area (Å²) in [5, 5.41) is 8.20. The lowest BCUT2D eigenvalue weighted by molar-refractivity contribution is 0.425. The Morgan fingerprint density at radius 2 is 2.05 bits per heavy atom. The molecule has 0 aliphatic carbocycles. The molecule has 0 saturated heterocycles. The molecule has 0 aromatic carbocycles. The molecule has 0 aliphatic rings. The number of aryl methyl sites for hydroxylation is 2. The van der Waals surface area contributed by atoms with E-state index < -0.39 is 0 Å². The van der Waals surface area contributed by atoms with Crippen molar-refractivity contribution < 1.29 is 0 Å². The fourth-order valence-electron chi connectivity index (χ4n) is 2.49. The molecule has 0 fully saturated rings. The summed E-state index contributed by atoms with van der Waals surface area (Å²) in [6.45, 7) is 9.32. The first-order valence-corrected chi connectivity index (χ1v) is 9.01. The van der Waals surface area contributed by atoms with Crippen molar-refractivity contribution in [2.24, 2.45) is 5.92 Å². The predicted molar refractivity (Wildman–Crippen MR) is 90.4 cm³/mol. The minimum absolute atomic E-state index is 0.680. The molecular weight excluding hydrogens is 338 g/mol. The molecule has 5 heteroatoms. The van der Waals surface area contributed by atoms with E-state index in [9.17, 15) is 0 Å². The Morgan fingerprint density at radius 1 is 1.30 bits per heavy atom. The van der Waals surface area contributed by atoms with E-state index in [4.69, 9.17) is 11.6 Å². The second-order valence-electron chi connectivity index (χ2n) is 5.14. The molecule has 1 N–H and O–H groups in total. The number of nitrogens with one attached hydrogen (secondary N) is 1. The van der Waals surface area contributed by atoms with E-state index in [1.165, 1.54) is 23.0 Å². The summed E-state index contributed by atoms with van der Waals surface area (Å²) in [6.07, 6.45) is 4.52. The third-order valence-electron chi connectivity index (χ3n) is 3.63. The monoisotopic (exact) mass is 363 g/mol. The van der Waals surface area contributed by atoms with Crippen LogP contribution in [0.3, 0.4) is 0 Å². The van der Waals surface area contributed by atoms with Crippen molar-refractivity contribution in [1.29, 1.82) is 0 Å². The molecule has 0 amide bonds. The molecule has 1 aromatic heterocycles. The number of aromatic nitrogens is 2.